The van der Waals surface area contributed by atoms with E-state index in [0.717, 1.165) is 25.6 Å². The zero-order valence-electron chi connectivity index (χ0n) is 9.82. The number of nitrogens with one attached hydrogen (secondary N) is 1. The summed E-state index contributed by atoms with van der Waals surface area (Å²) < 4.78 is 2.03. The molecule has 2 rings (SSSR count). The molecule has 1 heterocycles. The lowest BCUT2D eigenvalue weighted by molar-refractivity contribution is 0.632. The average molecular weight is 371 g/mol. The summed E-state index contributed by atoms with van der Waals surface area (Å²) in [5.41, 5.74) is 6.07. The maximum Gasteiger partial charge on any atom is 0.0735 e. The van der Waals surface area contributed by atoms with E-state index in [0.29, 0.717) is 0 Å². The van der Waals surface area contributed by atoms with Gasteiger partial charge in [0.1, 0.15) is 0 Å². The molecule has 0 aliphatic rings. The van der Waals surface area contributed by atoms with Crippen LogP contribution in [0.15, 0.2) is 45.6 Å². The number of halogens is 2. The number of benzene rings is 1. The predicted molar refractivity (Wildman–Crippen MR) is 80.0 cm³/mol. The van der Waals surface area contributed by atoms with E-state index >= 15 is 0 Å². The molecule has 0 saturated carbocycles. The molecular formula is C13H13Br2N3. The van der Waals surface area contributed by atoms with Crippen molar-refractivity contribution in [3.05, 3.63) is 62.3 Å². The van der Waals surface area contributed by atoms with Gasteiger partial charge in [0.05, 0.1) is 6.04 Å². The quantitative estimate of drug-likeness (QED) is 0.642. The van der Waals surface area contributed by atoms with Crippen LogP contribution in [0.25, 0.3) is 0 Å². The van der Waals surface area contributed by atoms with Crippen molar-refractivity contribution in [1.82, 2.24) is 10.4 Å². The number of rotatable bonds is 3. The Hall–Kier alpha value is -0.750. The number of aromatic nitrogens is 1. The molecule has 3 nitrogen and oxygen atoms in total. The van der Waals surface area contributed by atoms with Gasteiger partial charge in [0.25, 0.3) is 0 Å². The lowest BCUT2D eigenvalue weighted by atomic mass is 10.00. The summed E-state index contributed by atoms with van der Waals surface area (Å²) in [6, 6.07) is 8.02. The van der Waals surface area contributed by atoms with E-state index in [1.807, 2.05) is 37.5 Å². The van der Waals surface area contributed by atoms with Gasteiger partial charge in [0, 0.05) is 21.3 Å². The molecule has 0 radical (unpaired) electrons. The first-order valence-electron chi connectivity index (χ1n) is 5.44. The third-order valence-electron chi connectivity index (χ3n) is 2.67. The maximum atomic E-state index is 5.68. The topological polar surface area (TPSA) is 50.9 Å². The van der Waals surface area contributed by atoms with Gasteiger partial charge in [-0.2, -0.15) is 0 Å². The van der Waals surface area contributed by atoms with E-state index in [1.54, 1.807) is 0 Å². The van der Waals surface area contributed by atoms with Crippen molar-refractivity contribution in [2.45, 2.75) is 13.0 Å². The predicted octanol–water partition coefficient (Wildman–Crippen LogP) is 3.47. The third kappa shape index (κ3) is 2.98. The van der Waals surface area contributed by atoms with E-state index in [-0.39, 0.29) is 6.04 Å². The fourth-order valence-electron chi connectivity index (χ4n) is 1.84. The first-order valence-corrected chi connectivity index (χ1v) is 7.03. The molecule has 18 heavy (non-hydrogen) atoms. The largest absolute Gasteiger partial charge is 0.271 e. The van der Waals surface area contributed by atoms with Crippen LogP contribution in [0, 0.1) is 6.92 Å². The summed E-state index contributed by atoms with van der Waals surface area (Å²) in [5.74, 6) is 5.68. The molecule has 0 spiro atoms. The highest BCUT2D eigenvalue weighted by molar-refractivity contribution is 9.11. The second kappa shape index (κ2) is 5.93. The number of pyridine rings is 1. The Bertz CT molecular complexity index is 558. The molecule has 0 aliphatic heterocycles. The minimum atomic E-state index is -0.0834. The second-order valence-corrected chi connectivity index (χ2v) is 5.83. The molecule has 0 fully saturated rings. The molecule has 0 amide bonds. The van der Waals surface area contributed by atoms with E-state index in [2.05, 4.69) is 48.3 Å². The molecule has 0 bridgehead atoms. The Morgan fingerprint density at radius 3 is 2.61 bits per heavy atom. The number of nitrogens with two attached hydrogens (primary N) is 1. The number of aryl methyl sites for hydroxylation is 1. The maximum absolute atomic E-state index is 5.68. The van der Waals surface area contributed by atoms with Crippen molar-refractivity contribution < 1.29 is 0 Å². The Balaban J connectivity index is 2.45. The van der Waals surface area contributed by atoms with Crippen molar-refractivity contribution >= 4 is 31.9 Å². The van der Waals surface area contributed by atoms with Crippen LogP contribution in [-0.4, -0.2) is 4.98 Å². The molecule has 0 aliphatic carbocycles. The van der Waals surface area contributed by atoms with Gasteiger partial charge in [0.2, 0.25) is 0 Å². The van der Waals surface area contributed by atoms with Crippen LogP contribution in [0.4, 0.5) is 0 Å². The fourth-order valence-corrected chi connectivity index (χ4v) is 3.11. The average Bonchev–Trinajstić information content (AvgIpc) is 2.33. The van der Waals surface area contributed by atoms with Crippen LogP contribution < -0.4 is 11.3 Å². The number of hydrazine groups is 1. The first-order chi connectivity index (χ1) is 8.61. The van der Waals surface area contributed by atoms with Gasteiger partial charge in [0.15, 0.2) is 0 Å². The fraction of sp³-hybridized carbons (Fsp3) is 0.154. The van der Waals surface area contributed by atoms with Crippen LogP contribution in [0.1, 0.15) is 22.7 Å². The highest BCUT2D eigenvalue weighted by Gasteiger charge is 2.15. The molecule has 1 aromatic heterocycles. The summed E-state index contributed by atoms with van der Waals surface area (Å²) >= 11 is 7.00. The molecule has 3 N–H and O–H groups in total. The van der Waals surface area contributed by atoms with Crippen molar-refractivity contribution in [1.29, 1.82) is 0 Å². The SMILES string of the molecule is Cc1cncc(C(NN)c2ccc(Br)cc2Br)c1. The first kappa shape index (κ1) is 13.7. The van der Waals surface area contributed by atoms with Crippen LogP contribution in [0.5, 0.6) is 0 Å². The Morgan fingerprint density at radius 1 is 1.22 bits per heavy atom. The zero-order valence-corrected chi connectivity index (χ0v) is 13.0. The van der Waals surface area contributed by atoms with Crippen LogP contribution in [-0.2, 0) is 0 Å². The summed E-state index contributed by atoms with van der Waals surface area (Å²) in [4.78, 5) is 4.21. The van der Waals surface area contributed by atoms with E-state index in [9.17, 15) is 0 Å². The number of hydrogen-bond donors (Lipinski definition) is 2. The van der Waals surface area contributed by atoms with E-state index < -0.39 is 0 Å². The normalized spacial score (nSPS) is 12.4. The summed E-state index contributed by atoms with van der Waals surface area (Å²) in [6.07, 6.45) is 3.65. The standard InChI is InChI=1S/C13H13Br2N3/c1-8-4-9(7-17-6-8)13(18-16)11-3-2-10(14)5-12(11)15/h2-7,13,18H,16H2,1H3. The molecule has 94 valence electrons. The molecule has 1 aromatic carbocycles. The minimum Gasteiger partial charge on any atom is -0.271 e. The lowest BCUT2D eigenvalue weighted by Crippen LogP contribution is -2.29. The van der Waals surface area contributed by atoms with Crippen LogP contribution in [0.2, 0.25) is 0 Å². The van der Waals surface area contributed by atoms with Crippen molar-refractivity contribution in [2.75, 3.05) is 0 Å². The van der Waals surface area contributed by atoms with E-state index in [1.165, 1.54) is 0 Å². The van der Waals surface area contributed by atoms with Gasteiger partial charge >= 0.3 is 0 Å². The molecule has 1 atom stereocenters. The van der Waals surface area contributed by atoms with Crippen molar-refractivity contribution in [3.63, 3.8) is 0 Å². The van der Waals surface area contributed by atoms with Gasteiger partial charge < -0.3 is 0 Å². The molecular weight excluding hydrogens is 358 g/mol. The number of hydrogen-bond acceptors (Lipinski definition) is 3. The highest BCUT2D eigenvalue weighted by atomic mass is 79.9. The van der Waals surface area contributed by atoms with Crippen LogP contribution in [0.3, 0.4) is 0 Å². The van der Waals surface area contributed by atoms with Crippen molar-refractivity contribution in [2.24, 2.45) is 5.84 Å². The summed E-state index contributed by atoms with van der Waals surface area (Å²) in [6.45, 7) is 2.01. The highest BCUT2D eigenvalue weighted by Crippen LogP contribution is 2.30. The lowest BCUT2D eigenvalue weighted by Gasteiger charge is -2.18. The molecule has 5 heteroatoms. The zero-order chi connectivity index (χ0) is 13.1. The Morgan fingerprint density at radius 2 is 2.00 bits per heavy atom. The van der Waals surface area contributed by atoms with Gasteiger partial charge in [-0.25, -0.2) is 5.43 Å². The molecule has 2 aromatic rings. The van der Waals surface area contributed by atoms with E-state index in [4.69, 9.17) is 5.84 Å². The molecule has 0 saturated heterocycles. The summed E-state index contributed by atoms with van der Waals surface area (Å²) in [5, 5.41) is 0. The van der Waals surface area contributed by atoms with Gasteiger partial charge in [-0.05, 0) is 35.7 Å². The van der Waals surface area contributed by atoms with Gasteiger partial charge in [-0.1, -0.05) is 44.0 Å². The monoisotopic (exact) mass is 369 g/mol. The number of nitrogens with zero attached hydrogens (tertiary/aromatic N) is 1. The molecule has 1 unspecified atom stereocenters. The van der Waals surface area contributed by atoms with Crippen molar-refractivity contribution in [3.8, 4) is 0 Å². The van der Waals surface area contributed by atoms with Crippen LogP contribution >= 0.6 is 31.9 Å². The Labute approximate surface area is 123 Å². The smallest absolute Gasteiger partial charge is 0.0735 e. The van der Waals surface area contributed by atoms with Gasteiger partial charge in [-0.15, -0.1) is 0 Å². The van der Waals surface area contributed by atoms with Gasteiger partial charge in [-0.3, -0.25) is 10.8 Å². The minimum absolute atomic E-state index is 0.0834. The Kier molecular flexibility index (Phi) is 4.50. The second-order valence-electron chi connectivity index (χ2n) is 4.06. The summed E-state index contributed by atoms with van der Waals surface area (Å²) in [7, 11) is 0. The third-order valence-corrected chi connectivity index (χ3v) is 3.85.